The van der Waals surface area contributed by atoms with E-state index >= 15 is 0 Å². The molecule has 2 aliphatic heterocycles. The quantitative estimate of drug-likeness (QED) is 0.789. The summed E-state index contributed by atoms with van der Waals surface area (Å²) in [4.78, 5) is 14.6. The molecule has 26 heavy (non-hydrogen) atoms. The molecule has 1 aromatic carbocycles. The van der Waals surface area contributed by atoms with Gasteiger partial charge < -0.3 is 15.5 Å². The van der Waals surface area contributed by atoms with Crippen LogP contribution < -0.4 is 10.6 Å². The monoisotopic (exact) mass is 371 g/mol. The van der Waals surface area contributed by atoms with Crippen LogP contribution in [0, 0.1) is 5.92 Å². The molecule has 0 spiro atoms. The second-order valence-electron chi connectivity index (χ2n) is 8.04. The molecule has 3 atom stereocenters. The number of hydrogen-bond donors (Lipinski definition) is 2. The summed E-state index contributed by atoms with van der Waals surface area (Å²) < 4.78 is 0. The van der Waals surface area contributed by atoms with Crippen molar-refractivity contribution in [1.29, 1.82) is 0 Å². The van der Waals surface area contributed by atoms with Gasteiger partial charge in [-0.3, -0.25) is 4.79 Å². The number of carbonyl (C=O) groups is 1. The first kappa shape index (κ1) is 17.8. The van der Waals surface area contributed by atoms with Gasteiger partial charge in [0.15, 0.2) is 5.11 Å². The van der Waals surface area contributed by atoms with Crippen molar-refractivity contribution in [3.8, 4) is 0 Å². The van der Waals surface area contributed by atoms with E-state index in [9.17, 15) is 4.79 Å². The van der Waals surface area contributed by atoms with E-state index in [4.69, 9.17) is 12.2 Å². The number of anilines is 1. The van der Waals surface area contributed by atoms with Gasteiger partial charge in [-0.25, -0.2) is 0 Å². The molecule has 2 heterocycles. The van der Waals surface area contributed by atoms with Gasteiger partial charge >= 0.3 is 0 Å². The number of fused-ring (bicyclic) bond motifs is 2. The van der Waals surface area contributed by atoms with Crippen LogP contribution in [0.15, 0.2) is 24.3 Å². The van der Waals surface area contributed by atoms with Gasteiger partial charge in [-0.1, -0.05) is 25.1 Å². The molecular formula is C21H29N3OS. The van der Waals surface area contributed by atoms with Gasteiger partial charge in [-0.15, -0.1) is 0 Å². The van der Waals surface area contributed by atoms with Crippen LogP contribution in [0.1, 0.15) is 57.4 Å². The Labute approximate surface area is 161 Å². The van der Waals surface area contributed by atoms with Crippen LogP contribution >= 0.6 is 12.2 Å². The summed E-state index contributed by atoms with van der Waals surface area (Å²) in [6, 6.07) is 9.62. The lowest BCUT2D eigenvalue weighted by Crippen LogP contribution is -2.59. The summed E-state index contributed by atoms with van der Waals surface area (Å²) in [6.45, 7) is 2.17. The van der Waals surface area contributed by atoms with Gasteiger partial charge in [-0.05, 0) is 75.2 Å². The van der Waals surface area contributed by atoms with Crippen molar-refractivity contribution in [2.24, 2.45) is 5.92 Å². The van der Waals surface area contributed by atoms with E-state index in [2.05, 4.69) is 46.7 Å². The minimum atomic E-state index is 0.277. The maximum atomic E-state index is 12.2. The molecule has 0 aromatic heterocycles. The Kier molecular flexibility index (Phi) is 5.16. The molecule has 1 unspecified atom stereocenters. The van der Waals surface area contributed by atoms with E-state index in [1.54, 1.807) is 0 Å². The molecular weight excluding hydrogens is 342 g/mol. The molecule has 3 aliphatic rings. The maximum absolute atomic E-state index is 12.2. The van der Waals surface area contributed by atoms with Gasteiger partial charge in [-0.2, -0.15) is 0 Å². The number of nitrogens with zero attached hydrogens (tertiary/aromatic N) is 1. The molecule has 140 valence electrons. The lowest BCUT2D eigenvalue weighted by Gasteiger charge is -2.50. The lowest BCUT2D eigenvalue weighted by molar-refractivity contribution is -0.123. The summed E-state index contributed by atoms with van der Waals surface area (Å²) in [7, 11) is 0. The highest BCUT2D eigenvalue weighted by Crippen LogP contribution is 2.36. The molecule has 4 nitrogen and oxygen atoms in total. The predicted molar refractivity (Wildman–Crippen MR) is 109 cm³/mol. The molecule has 5 heteroatoms. The number of benzene rings is 1. The fraction of sp³-hybridized carbons (Fsp3) is 0.619. The zero-order valence-corrected chi connectivity index (χ0v) is 16.4. The Bertz CT molecular complexity index is 674. The first-order chi connectivity index (χ1) is 12.7. The standard InChI is InChI=1S/C21H29N3OS/c1-2-14-6-3-4-9-19(14)23-21(26)24-17-7-5-8-18(24)13-16(12-17)22-20(25)15-10-11-15/h3-4,6,9,15-18H,2,5,7-8,10-13H2,1H3,(H,22,25)(H,23,26)/t16?,17-,18+. The van der Waals surface area contributed by atoms with Gasteiger partial charge in [0.1, 0.15) is 0 Å². The smallest absolute Gasteiger partial charge is 0.223 e. The third-order valence-corrected chi connectivity index (χ3v) is 6.46. The zero-order valence-electron chi connectivity index (χ0n) is 15.5. The maximum Gasteiger partial charge on any atom is 0.223 e. The highest BCUT2D eigenvalue weighted by Gasteiger charge is 2.41. The lowest BCUT2D eigenvalue weighted by atomic mass is 9.82. The summed E-state index contributed by atoms with van der Waals surface area (Å²) in [5, 5.41) is 7.68. The highest BCUT2D eigenvalue weighted by molar-refractivity contribution is 7.80. The van der Waals surface area contributed by atoms with E-state index < -0.39 is 0 Å². The summed E-state index contributed by atoms with van der Waals surface area (Å²) in [6.07, 6.45) is 8.79. The van der Waals surface area contributed by atoms with Gasteiger partial charge in [0.05, 0.1) is 0 Å². The fourth-order valence-corrected chi connectivity index (χ4v) is 5.03. The number of rotatable bonds is 4. The van der Waals surface area contributed by atoms with E-state index in [1.165, 1.54) is 24.8 Å². The van der Waals surface area contributed by atoms with E-state index in [-0.39, 0.29) is 5.91 Å². The van der Waals surface area contributed by atoms with Crippen LogP contribution in [0.3, 0.4) is 0 Å². The number of para-hydroxylation sites is 1. The first-order valence-electron chi connectivity index (χ1n) is 10.1. The van der Waals surface area contributed by atoms with E-state index in [1.807, 2.05) is 0 Å². The Morgan fingerprint density at radius 3 is 2.50 bits per heavy atom. The topological polar surface area (TPSA) is 44.4 Å². The Morgan fingerprint density at radius 2 is 1.85 bits per heavy atom. The van der Waals surface area contributed by atoms with E-state index in [0.29, 0.717) is 24.0 Å². The Hall–Kier alpha value is -1.62. The summed E-state index contributed by atoms with van der Waals surface area (Å²) in [5.41, 5.74) is 2.42. The molecule has 1 aromatic rings. The molecule has 1 aliphatic carbocycles. The average Bonchev–Trinajstić information content (AvgIpc) is 3.46. The van der Waals surface area contributed by atoms with Gasteiger partial charge in [0, 0.05) is 29.7 Å². The number of carbonyl (C=O) groups excluding carboxylic acids is 1. The summed E-state index contributed by atoms with van der Waals surface area (Å²) in [5.74, 6) is 0.570. The predicted octanol–water partition coefficient (Wildman–Crippen LogP) is 3.86. The largest absolute Gasteiger partial charge is 0.353 e. The van der Waals surface area contributed by atoms with Crippen molar-refractivity contribution in [2.75, 3.05) is 5.32 Å². The summed E-state index contributed by atoms with van der Waals surface area (Å²) >= 11 is 5.82. The second-order valence-corrected chi connectivity index (χ2v) is 8.42. The number of piperidine rings is 2. The van der Waals surface area contributed by atoms with Crippen molar-refractivity contribution in [3.63, 3.8) is 0 Å². The number of aryl methyl sites for hydroxylation is 1. The van der Waals surface area contributed by atoms with Crippen molar-refractivity contribution < 1.29 is 4.79 Å². The SMILES string of the molecule is CCc1ccccc1NC(=S)N1[C@@H]2CCC[C@H]1CC(NC(=O)C1CC1)C2. The molecule has 4 rings (SSSR count). The minimum Gasteiger partial charge on any atom is -0.353 e. The molecule has 0 radical (unpaired) electrons. The third kappa shape index (κ3) is 3.73. The van der Waals surface area contributed by atoms with Crippen LogP contribution in [0.4, 0.5) is 5.69 Å². The molecule has 1 saturated carbocycles. The van der Waals surface area contributed by atoms with Crippen LogP contribution in [0.2, 0.25) is 0 Å². The molecule has 2 saturated heterocycles. The van der Waals surface area contributed by atoms with E-state index in [0.717, 1.165) is 42.9 Å². The van der Waals surface area contributed by atoms with Crippen molar-refractivity contribution in [1.82, 2.24) is 10.2 Å². The zero-order chi connectivity index (χ0) is 18.1. The van der Waals surface area contributed by atoms with Crippen LogP contribution in [0.25, 0.3) is 0 Å². The first-order valence-corrected chi connectivity index (χ1v) is 10.5. The molecule has 3 fully saturated rings. The average molecular weight is 372 g/mol. The second kappa shape index (κ2) is 7.55. The van der Waals surface area contributed by atoms with Crippen LogP contribution in [0.5, 0.6) is 0 Å². The van der Waals surface area contributed by atoms with Crippen molar-refractivity contribution >= 4 is 28.9 Å². The number of hydrogen-bond acceptors (Lipinski definition) is 2. The van der Waals surface area contributed by atoms with Crippen molar-refractivity contribution in [2.45, 2.75) is 76.4 Å². The number of amides is 1. The Morgan fingerprint density at radius 1 is 1.15 bits per heavy atom. The third-order valence-electron chi connectivity index (χ3n) is 6.14. The van der Waals surface area contributed by atoms with Crippen LogP contribution in [-0.4, -0.2) is 34.0 Å². The Balaban J connectivity index is 1.43. The molecule has 2 bridgehead atoms. The normalized spacial score (nSPS) is 27.7. The van der Waals surface area contributed by atoms with Gasteiger partial charge in [0.25, 0.3) is 0 Å². The fourth-order valence-electron chi connectivity index (χ4n) is 4.63. The van der Waals surface area contributed by atoms with Gasteiger partial charge in [0.2, 0.25) is 5.91 Å². The number of nitrogens with one attached hydrogen (secondary N) is 2. The highest BCUT2D eigenvalue weighted by atomic mass is 32.1. The molecule has 1 amide bonds. The van der Waals surface area contributed by atoms with Crippen molar-refractivity contribution in [3.05, 3.63) is 29.8 Å². The van der Waals surface area contributed by atoms with Crippen LogP contribution in [-0.2, 0) is 11.2 Å². The number of thiocarbonyl (C=S) groups is 1. The molecule has 2 N–H and O–H groups in total. The minimum absolute atomic E-state index is 0.277.